The van der Waals surface area contributed by atoms with Crippen LogP contribution in [-0.2, 0) is 9.53 Å². The maximum absolute atomic E-state index is 12.5. The molecule has 2 N–H and O–H groups in total. The molecule has 1 atom stereocenters. The number of hydrogen-bond donors (Lipinski definition) is 2. The molecule has 0 saturated heterocycles. The topological polar surface area (TPSA) is 84.1 Å². The van der Waals surface area contributed by atoms with Crippen LogP contribution >= 0.6 is 0 Å². The molecule has 0 unspecified atom stereocenters. The number of esters is 1. The second-order valence-corrected chi connectivity index (χ2v) is 6.42. The van der Waals surface area contributed by atoms with Crippen molar-refractivity contribution in [2.45, 2.75) is 33.7 Å². The number of nitrogens with zero attached hydrogens (tertiary/aromatic N) is 1. The second-order valence-electron chi connectivity index (χ2n) is 6.42. The van der Waals surface area contributed by atoms with Gasteiger partial charge in [0.2, 0.25) is 0 Å². The van der Waals surface area contributed by atoms with Crippen molar-refractivity contribution in [3.8, 4) is 0 Å². The van der Waals surface area contributed by atoms with Gasteiger partial charge in [0.15, 0.2) is 5.69 Å². The van der Waals surface area contributed by atoms with Gasteiger partial charge in [-0.3, -0.25) is 9.89 Å². The Morgan fingerprint density at radius 3 is 2.59 bits per heavy atom. The average molecular weight is 303 g/mol. The van der Waals surface area contributed by atoms with E-state index in [0.717, 1.165) is 16.5 Å². The Bertz CT molecular complexity index is 713. The molecule has 0 aliphatic heterocycles. The Balaban J connectivity index is 2.33. The van der Waals surface area contributed by atoms with E-state index in [-0.39, 0.29) is 5.69 Å². The van der Waals surface area contributed by atoms with Gasteiger partial charge in [-0.25, -0.2) is 4.79 Å². The fraction of sp³-hybridized carbons (Fsp3) is 0.438. The minimum Gasteiger partial charge on any atom is -0.467 e. The highest BCUT2D eigenvalue weighted by molar-refractivity contribution is 6.06. The molecule has 0 spiro atoms. The number of ether oxygens (including phenoxy) is 1. The molecule has 6 nitrogen and oxygen atoms in total. The van der Waals surface area contributed by atoms with Crippen molar-refractivity contribution < 1.29 is 14.3 Å². The fourth-order valence-electron chi connectivity index (χ4n) is 2.25. The van der Waals surface area contributed by atoms with Gasteiger partial charge in [0.1, 0.15) is 6.04 Å². The molecule has 0 aliphatic rings. The first-order valence-corrected chi connectivity index (χ1v) is 7.07. The van der Waals surface area contributed by atoms with Crippen LogP contribution in [0.5, 0.6) is 0 Å². The Morgan fingerprint density at radius 2 is 2.00 bits per heavy atom. The molecule has 1 aromatic carbocycles. The van der Waals surface area contributed by atoms with E-state index in [4.69, 9.17) is 4.74 Å². The maximum atomic E-state index is 12.5. The summed E-state index contributed by atoms with van der Waals surface area (Å²) in [5.41, 5.74) is 1.62. The molecule has 0 saturated carbocycles. The zero-order chi connectivity index (χ0) is 16.5. The molecule has 1 heterocycles. The van der Waals surface area contributed by atoms with E-state index in [9.17, 15) is 9.59 Å². The van der Waals surface area contributed by atoms with Gasteiger partial charge in [0, 0.05) is 5.39 Å². The van der Waals surface area contributed by atoms with Crippen LogP contribution in [0.2, 0.25) is 0 Å². The normalized spacial score (nSPS) is 13.0. The number of carbonyl (C=O) groups excluding carboxylic acids is 2. The van der Waals surface area contributed by atoms with Crippen LogP contribution in [0.4, 0.5) is 0 Å². The third kappa shape index (κ3) is 3.10. The van der Waals surface area contributed by atoms with Crippen LogP contribution in [0, 0.1) is 12.3 Å². The van der Waals surface area contributed by atoms with Crippen molar-refractivity contribution in [2.24, 2.45) is 5.41 Å². The lowest BCUT2D eigenvalue weighted by Gasteiger charge is -2.28. The molecule has 1 aromatic heterocycles. The molecule has 2 rings (SSSR count). The minimum absolute atomic E-state index is 0.275. The molecule has 0 radical (unpaired) electrons. The molecule has 118 valence electrons. The lowest BCUT2D eigenvalue weighted by atomic mass is 9.86. The van der Waals surface area contributed by atoms with Crippen LogP contribution in [0.25, 0.3) is 10.9 Å². The van der Waals surface area contributed by atoms with Crippen molar-refractivity contribution in [2.75, 3.05) is 7.11 Å². The zero-order valence-corrected chi connectivity index (χ0v) is 13.5. The van der Waals surface area contributed by atoms with E-state index in [1.807, 2.05) is 45.9 Å². The molecule has 6 heteroatoms. The van der Waals surface area contributed by atoms with Crippen molar-refractivity contribution in [3.63, 3.8) is 0 Å². The second kappa shape index (κ2) is 5.79. The predicted octanol–water partition coefficient (Wildman–Crippen LogP) is 2.19. The summed E-state index contributed by atoms with van der Waals surface area (Å²) in [5.74, 6) is -0.876. The number of H-pyrrole nitrogens is 1. The summed E-state index contributed by atoms with van der Waals surface area (Å²) in [4.78, 5) is 24.4. The van der Waals surface area contributed by atoms with Gasteiger partial charge in [-0.1, -0.05) is 32.4 Å². The number of carbonyl (C=O) groups is 2. The summed E-state index contributed by atoms with van der Waals surface area (Å²) < 4.78 is 4.78. The van der Waals surface area contributed by atoms with Crippen molar-refractivity contribution >= 4 is 22.8 Å². The molecule has 1 amide bonds. The molecule has 22 heavy (non-hydrogen) atoms. The number of aromatic amines is 1. The smallest absolute Gasteiger partial charge is 0.328 e. The first kappa shape index (κ1) is 16.0. The molecule has 2 aromatic rings. The van der Waals surface area contributed by atoms with Gasteiger partial charge in [-0.05, 0) is 24.5 Å². The van der Waals surface area contributed by atoms with E-state index < -0.39 is 23.3 Å². The van der Waals surface area contributed by atoms with Crippen molar-refractivity contribution in [3.05, 3.63) is 29.5 Å². The first-order valence-electron chi connectivity index (χ1n) is 7.07. The Hall–Kier alpha value is -2.37. The number of aromatic nitrogens is 2. The molecule has 0 aliphatic carbocycles. The summed E-state index contributed by atoms with van der Waals surface area (Å²) in [5, 5.41) is 10.3. The van der Waals surface area contributed by atoms with Gasteiger partial charge in [0.25, 0.3) is 5.91 Å². The van der Waals surface area contributed by atoms with E-state index in [2.05, 4.69) is 15.5 Å². The summed E-state index contributed by atoms with van der Waals surface area (Å²) in [6.45, 7) is 7.53. The Kier molecular flexibility index (Phi) is 4.21. The van der Waals surface area contributed by atoms with Gasteiger partial charge in [-0.15, -0.1) is 0 Å². The van der Waals surface area contributed by atoms with Crippen LogP contribution in [0.1, 0.15) is 36.8 Å². The number of fused-ring (bicyclic) bond motifs is 1. The first-order chi connectivity index (χ1) is 10.2. The number of rotatable bonds is 3. The summed E-state index contributed by atoms with van der Waals surface area (Å²) >= 11 is 0. The quantitative estimate of drug-likeness (QED) is 0.851. The van der Waals surface area contributed by atoms with E-state index in [1.54, 1.807) is 0 Å². The van der Waals surface area contributed by atoms with Crippen LogP contribution < -0.4 is 5.32 Å². The number of amides is 1. The summed E-state index contributed by atoms with van der Waals surface area (Å²) in [6, 6.07) is 4.95. The van der Waals surface area contributed by atoms with Gasteiger partial charge in [0.05, 0.1) is 12.6 Å². The van der Waals surface area contributed by atoms with Crippen LogP contribution in [0.3, 0.4) is 0 Å². The third-order valence-corrected chi connectivity index (χ3v) is 3.51. The number of benzene rings is 1. The number of hydrogen-bond acceptors (Lipinski definition) is 4. The van der Waals surface area contributed by atoms with Gasteiger partial charge in [-0.2, -0.15) is 5.10 Å². The monoisotopic (exact) mass is 303 g/mol. The fourth-order valence-corrected chi connectivity index (χ4v) is 2.25. The number of aryl methyl sites for hydroxylation is 1. The molecular weight excluding hydrogens is 282 g/mol. The predicted molar refractivity (Wildman–Crippen MR) is 83.6 cm³/mol. The zero-order valence-electron chi connectivity index (χ0n) is 13.5. The van der Waals surface area contributed by atoms with Gasteiger partial charge >= 0.3 is 5.97 Å². The Labute approximate surface area is 129 Å². The van der Waals surface area contributed by atoms with E-state index in [0.29, 0.717) is 0 Å². The average Bonchev–Trinajstić information content (AvgIpc) is 2.85. The molecular formula is C16H21N3O3. The number of methoxy groups -OCH3 is 1. The highest BCUT2D eigenvalue weighted by atomic mass is 16.5. The molecule has 0 bridgehead atoms. The maximum Gasteiger partial charge on any atom is 0.328 e. The summed E-state index contributed by atoms with van der Waals surface area (Å²) in [6.07, 6.45) is 0. The highest BCUT2D eigenvalue weighted by Crippen LogP contribution is 2.22. The standard InChI is InChI=1S/C16H21N3O3/c1-9-6-7-11-10(8-9)12(19-18-11)14(20)17-13(15(21)22-5)16(2,3)4/h6-8,13H,1-5H3,(H,17,20)(H,18,19)/t13-/m1/s1. The van der Waals surface area contributed by atoms with Crippen LogP contribution in [0.15, 0.2) is 18.2 Å². The number of nitrogens with one attached hydrogen (secondary N) is 2. The van der Waals surface area contributed by atoms with E-state index >= 15 is 0 Å². The van der Waals surface area contributed by atoms with E-state index in [1.165, 1.54) is 7.11 Å². The summed E-state index contributed by atoms with van der Waals surface area (Å²) in [7, 11) is 1.31. The minimum atomic E-state index is -0.749. The molecule has 0 fully saturated rings. The SMILES string of the molecule is COC(=O)[C@@H](NC(=O)c1n[nH]c2ccc(C)cc12)C(C)(C)C. The Morgan fingerprint density at radius 1 is 1.32 bits per heavy atom. The lowest BCUT2D eigenvalue weighted by Crippen LogP contribution is -2.49. The third-order valence-electron chi connectivity index (χ3n) is 3.51. The van der Waals surface area contributed by atoms with Gasteiger partial charge < -0.3 is 10.1 Å². The highest BCUT2D eigenvalue weighted by Gasteiger charge is 2.34. The van der Waals surface area contributed by atoms with Crippen LogP contribution in [-0.4, -0.2) is 35.2 Å². The van der Waals surface area contributed by atoms with Crippen molar-refractivity contribution in [1.29, 1.82) is 0 Å². The largest absolute Gasteiger partial charge is 0.467 e. The van der Waals surface area contributed by atoms with Crippen molar-refractivity contribution in [1.82, 2.24) is 15.5 Å². The lowest BCUT2D eigenvalue weighted by molar-refractivity contribution is -0.145.